The molecule has 0 saturated carbocycles. The smallest absolute Gasteiger partial charge is 0.160 e. The van der Waals surface area contributed by atoms with E-state index in [1.165, 1.54) is 49.2 Å². The molecule has 2 atom stereocenters. The van der Waals surface area contributed by atoms with Crippen molar-refractivity contribution in [3.8, 4) is 45.3 Å². The van der Waals surface area contributed by atoms with E-state index in [0.717, 1.165) is 61.6 Å². The van der Waals surface area contributed by atoms with Crippen LogP contribution in [0.4, 0.5) is 11.4 Å². The van der Waals surface area contributed by atoms with Crippen LogP contribution in [0.1, 0.15) is 11.5 Å². The lowest BCUT2D eigenvalue weighted by Crippen LogP contribution is -2.28. The lowest BCUT2D eigenvalue weighted by Gasteiger charge is -2.29. The molecular weight excluding hydrogens is 815 g/mol. The number of nitrogens with zero attached hydrogens (tertiary/aromatic N) is 5. The topological polar surface area (TPSA) is 38.9 Å². The molecule has 0 fully saturated rings. The van der Waals surface area contributed by atoms with Crippen molar-refractivity contribution in [3.63, 3.8) is 0 Å². The Morgan fingerprint density at radius 2 is 0.910 bits per heavy atom. The van der Waals surface area contributed by atoms with E-state index in [9.17, 15) is 0 Å². The molecule has 314 valence electrons. The second-order valence-corrected chi connectivity index (χ2v) is 17.7. The molecule has 12 aromatic rings. The van der Waals surface area contributed by atoms with Gasteiger partial charge in [-0.3, -0.25) is 0 Å². The van der Waals surface area contributed by atoms with Gasteiger partial charge in [0.2, 0.25) is 0 Å². The number of hydrogen-bond donors (Lipinski definition) is 0. The molecule has 0 saturated heterocycles. The van der Waals surface area contributed by atoms with Crippen molar-refractivity contribution in [2.24, 2.45) is 0 Å². The van der Waals surface area contributed by atoms with Crippen LogP contribution in [0.15, 0.2) is 237 Å². The molecule has 3 aromatic heterocycles. The summed E-state index contributed by atoms with van der Waals surface area (Å²) in [5.41, 5.74) is 15.3. The van der Waals surface area contributed by atoms with Crippen LogP contribution in [0.5, 0.6) is 0 Å². The lowest BCUT2D eigenvalue weighted by molar-refractivity contribution is 0.744. The van der Waals surface area contributed by atoms with Crippen molar-refractivity contribution in [3.05, 3.63) is 242 Å². The Balaban J connectivity index is 1.01. The Kier molecular flexibility index (Phi) is 8.34. The zero-order chi connectivity index (χ0) is 44.0. The van der Waals surface area contributed by atoms with E-state index in [2.05, 4.69) is 251 Å². The molecular formula is C62H41N5. The number of benzene rings is 9. The molecule has 9 aromatic carbocycles. The van der Waals surface area contributed by atoms with Gasteiger partial charge in [0.05, 0.1) is 39.5 Å². The van der Waals surface area contributed by atoms with Gasteiger partial charge in [0, 0.05) is 66.9 Å². The first-order valence-electron chi connectivity index (χ1n) is 23.1. The number of para-hydroxylation sites is 5. The summed E-state index contributed by atoms with van der Waals surface area (Å²) in [4.78, 5) is 13.5. The van der Waals surface area contributed by atoms with Gasteiger partial charge in [-0.1, -0.05) is 158 Å². The summed E-state index contributed by atoms with van der Waals surface area (Å²) in [5.74, 6) is 0.917. The monoisotopic (exact) mass is 855 g/mol. The third-order valence-corrected chi connectivity index (χ3v) is 14.0. The number of aromatic nitrogens is 4. The predicted octanol–water partition coefficient (Wildman–Crippen LogP) is 15.6. The average Bonchev–Trinajstić information content (AvgIpc) is 4.04. The zero-order valence-electron chi connectivity index (χ0n) is 36.4. The zero-order valence-corrected chi connectivity index (χ0v) is 36.4. The second-order valence-electron chi connectivity index (χ2n) is 17.7. The summed E-state index contributed by atoms with van der Waals surface area (Å²) < 4.78 is 4.78. The predicted molar refractivity (Wildman–Crippen MR) is 278 cm³/mol. The van der Waals surface area contributed by atoms with Gasteiger partial charge >= 0.3 is 0 Å². The van der Waals surface area contributed by atoms with E-state index in [0.29, 0.717) is 5.82 Å². The maximum Gasteiger partial charge on any atom is 0.160 e. The highest BCUT2D eigenvalue weighted by molar-refractivity contribution is 6.10. The van der Waals surface area contributed by atoms with Gasteiger partial charge in [0.25, 0.3) is 0 Å². The third kappa shape index (κ3) is 5.88. The van der Waals surface area contributed by atoms with Crippen LogP contribution >= 0.6 is 0 Å². The standard InChI is InChI=1S/C62H41N5/c1-2-18-46-40(16-1)17-15-25-47(46)55-39-54(63-62(64-55)41-32-34-43(35-33-41)65-56-26-9-3-19-48(56)49-20-4-10-27-57(49)65)42-36-44(66-58-28-11-5-21-50(58)51-22-6-12-29-59(51)66)38-45(37-42)67-60-30-13-7-23-52(60)53-24-8-14-31-61(53)67/h1-39,50,58H. The minimum absolute atomic E-state index is 0.129. The lowest BCUT2D eigenvalue weighted by atomic mass is 9.91. The Morgan fingerprint density at radius 1 is 0.373 bits per heavy atom. The molecule has 0 amide bonds. The number of anilines is 2. The van der Waals surface area contributed by atoms with Gasteiger partial charge < -0.3 is 14.0 Å². The van der Waals surface area contributed by atoms with Crippen molar-refractivity contribution in [1.82, 2.24) is 19.1 Å². The van der Waals surface area contributed by atoms with Crippen LogP contribution in [0.2, 0.25) is 0 Å². The SMILES string of the molecule is C1=CC2c3ccccc3N(c3cc(-c4cc(-c5cccc6ccccc56)nc(-c5ccc(-n6c7ccccc7c7ccccc76)cc5)n4)cc(-n4c5ccccc5c5ccccc54)c3)C2C=C1. The van der Waals surface area contributed by atoms with Crippen LogP contribution in [-0.4, -0.2) is 25.1 Å². The van der Waals surface area contributed by atoms with Gasteiger partial charge in [0.15, 0.2) is 5.82 Å². The largest absolute Gasteiger partial charge is 0.333 e. The molecule has 0 spiro atoms. The average molecular weight is 856 g/mol. The van der Waals surface area contributed by atoms with Crippen molar-refractivity contribution in [1.29, 1.82) is 0 Å². The van der Waals surface area contributed by atoms with E-state index in [1.807, 2.05) is 0 Å². The van der Waals surface area contributed by atoms with E-state index >= 15 is 0 Å². The highest BCUT2D eigenvalue weighted by Crippen LogP contribution is 2.49. The molecule has 0 bridgehead atoms. The van der Waals surface area contributed by atoms with E-state index in [1.54, 1.807) is 0 Å². The minimum atomic E-state index is 0.129. The molecule has 2 unspecified atom stereocenters. The fourth-order valence-corrected chi connectivity index (χ4v) is 11.1. The molecule has 4 heterocycles. The fraction of sp³-hybridized carbons (Fsp3) is 0.0323. The maximum absolute atomic E-state index is 5.54. The highest BCUT2D eigenvalue weighted by atomic mass is 15.2. The first kappa shape index (κ1) is 37.6. The first-order valence-corrected chi connectivity index (χ1v) is 23.1. The van der Waals surface area contributed by atoms with Crippen molar-refractivity contribution in [2.45, 2.75) is 12.0 Å². The van der Waals surface area contributed by atoms with E-state index < -0.39 is 0 Å². The molecule has 0 radical (unpaired) electrons. The summed E-state index contributed by atoms with van der Waals surface area (Å²) in [6, 6.07) is 76.9. The molecule has 1 aliphatic carbocycles. The number of allylic oxidation sites excluding steroid dienone is 2. The normalized spacial score (nSPS) is 15.3. The highest BCUT2D eigenvalue weighted by Gasteiger charge is 2.37. The van der Waals surface area contributed by atoms with Crippen LogP contribution in [0, 0.1) is 0 Å². The molecule has 0 N–H and O–H groups in total. The summed E-state index contributed by atoms with van der Waals surface area (Å²) >= 11 is 0. The first-order chi connectivity index (χ1) is 33.2. The molecule has 5 heteroatoms. The van der Waals surface area contributed by atoms with Crippen LogP contribution in [-0.2, 0) is 0 Å². The van der Waals surface area contributed by atoms with E-state index in [4.69, 9.17) is 9.97 Å². The van der Waals surface area contributed by atoms with E-state index in [-0.39, 0.29) is 12.0 Å². The van der Waals surface area contributed by atoms with Gasteiger partial charge in [-0.25, -0.2) is 9.97 Å². The van der Waals surface area contributed by atoms with Crippen LogP contribution in [0.25, 0.3) is 99.7 Å². The van der Waals surface area contributed by atoms with Gasteiger partial charge in [-0.2, -0.15) is 0 Å². The number of fused-ring (bicyclic) bond motifs is 10. The number of rotatable bonds is 6. The quantitative estimate of drug-likeness (QED) is 0.167. The number of hydrogen-bond acceptors (Lipinski definition) is 3. The van der Waals surface area contributed by atoms with Gasteiger partial charge in [-0.15, -0.1) is 0 Å². The Hall–Kier alpha value is -8.80. The van der Waals surface area contributed by atoms with Crippen LogP contribution < -0.4 is 4.90 Å². The van der Waals surface area contributed by atoms with Gasteiger partial charge in [0.1, 0.15) is 0 Å². The fourth-order valence-electron chi connectivity index (χ4n) is 11.1. The Labute approximate surface area is 387 Å². The Morgan fingerprint density at radius 3 is 1.60 bits per heavy atom. The minimum Gasteiger partial charge on any atom is -0.333 e. The van der Waals surface area contributed by atoms with Crippen LogP contribution in [0.3, 0.4) is 0 Å². The summed E-state index contributed by atoms with van der Waals surface area (Å²) in [6.45, 7) is 0. The molecule has 2 aliphatic rings. The van der Waals surface area contributed by atoms with Gasteiger partial charge in [-0.05, 0) is 95.2 Å². The third-order valence-electron chi connectivity index (χ3n) is 14.0. The summed E-state index contributed by atoms with van der Waals surface area (Å²) in [5, 5.41) is 7.25. The molecule has 14 rings (SSSR count). The molecule has 5 nitrogen and oxygen atoms in total. The second kappa shape index (κ2) is 14.9. The summed E-state index contributed by atoms with van der Waals surface area (Å²) in [6.07, 6.45) is 9.08. The summed E-state index contributed by atoms with van der Waals surface area (Å²) in [7, 11) is 0. The van der Waals surface area contributed by atoms with Crippen molar-refractivity contribution < 1.29 is 0 Å². The maximum atomic E-state index is 5.54. The molecule has 67 heavy (non-hydrogen) atoms. The Bertz CT molecular complexity index is 3910. The van der Waals surface area contributed by atoms with Crippen molar-refractivity contribution >= 4 is 65.8 Å². The van der Waals surface area contributed by atoms with Crippen molar-refractivity contribution in [2.75, 3.05) is 4.90 Å². The molecule has 1 aliphatic heterocycles.